The third-order valence-electron chi connectivity index (χ3n) is 3.82. The zero-order valence-corrected chi connectivity index (χ0v) is 11.7. The molecule has 0 heterocycles. The number of nitro benzene ring substituents is 1. The number of anilines is 1. The topological polar surface area (TPSA) is 72.7 Å². The molecule has 0 spiro atoms. The molecule has 0 bridgehead atoms. The average molecular weight is 278 g/mol. The van der Waals surface area contributed by atoms with Gasteiger partial charge < -0.3 is 9.64 Å². The van der Waals surface area contributed by atoms with Gasteiger partial charge in [-0.05, 0) is 18.9 Å². The molecule has 0 unspecified atom stereocenters. The molecule has 6 nitrogen and oxygen atoms in total. The van der Waals surface area contributed by atoms with Gasteiger partial charge in [-0.1, -0.05) is 0 Å². The summed E-state index contributed by atoms with van der Waals surface area (Å²) in [6.45, 7) is 0. The molecule has 0 radical (unpaired) electrons. The number of hydrogen-bond donors (Lipinski definition) is 0. The SMILES string of the molecule is COc1ccc([N+](=O)[O-])c(N(C)C2CCC(=O)CC2)c1. The zero-order chi connectivity index (χ0) is 14.7. The molecular weight excluding hydrogens is 260 g/mol. The van der Waals surface area contributed by atoms with Crippen LogP contribution in [0.2, 0.25) is 0 Å². The van der Waals surface area contributed by atoms with Gasteiger partial charge in [-0.15, -0.1) is 0 Å². The Balaban J connectivity index is 2.29. The second-order valence-electron chi connectivity index (χ2n) is 4.99. The minimum absolute atomic E-state index is 0.0604. The number of hydrogen-bond acceptors (Lipinski definition) is 5. The van der Waals surface area contributed by atoms with E-state index in [0.717, 1.165) is 12.8 Å². The number of ether oxygens (including phenoxy) is 1. The Morgan fingerprint density at radius 3 is 2.55 bits per heavy atom. The standard InChI is InChI=1S/C14H18N2O4/c1-15(10-3-5-11(17)6-4-10)14-9-12(20-2)7-8-13(14)16(18)19/h7-10H,3-6H2,1-2H3. The van der Waals surface area contributed by atoms with Crippen molar-refractivity contribution in [3.05, 3.63) is 28.3 Å². The summed E-state index contributed by atoms with van der Waals surface area (Å²) >= 11 is 0. The first-order chi connectivity index (χ1) is 9.52. The monoisotopic (exact) mass is 278 g/mol. The lowest BCUT2D eigenvalue weighted by atomic mass is 9.93. The van der Waals surface area contributed by atoms with Crippen molar-refractivity contribution in [1.82, 2.24) is 0 Å². The highest BCUT2D eigenvalue weighted by Gasteiger charge is 2.27. The number of carbonyl (C=O) groups is 1. The highest BCUT2D eigenvalue weighted by molar-refractivity contribution is 5.79. The number of carbonyl (C=O) groups excluding carboxylic acids is 1. The number of benzene rings is 1. The van der Waals surface area contributed by atoms with Crippen molar-refractivity contribution in [2.75, 3.05) is 19.1 Å². The molecule has 20 heavy (non-hydrogen) atoms. The third-order valence-corrected chi connectivity index (χ3v) is 3.82. The van der Waals surface area contributed by atoms with E-state index in [4.69, 9.17) is 4.74 Å². The molecule has 2 rings (SSSR count). The normalized spacial score (nSPS) is 16.0. The average Bonchev–Trinajstić information content (AvgIpc) is 2.46. The van der Waals surface area contributed by atoms with Crippen LogP contribution in [-0.4, -0.2) is 30.9 Å². The molecule has 0 atom stereocenters. The van der Waals surface area contributed by atoms with Crippen LogP contribution in [0.5, 0.6) is 5.75 Å². The van der Waals surface area contributed by atoms with Crippen molar-refractivity contribution in [3.63, 3.8) is 0 Å². The Bertz CT molecular complexity index is 520. The number of ketones is 1. The first kappa shape index (κ1) is 14.3. The largest absolute Gasteiger partial charge is 0.497 e. The van der Waals surface area contributed by atoms with E-state index in [0.29, 0.717) is 24.3 Å². The molecule has 1 fully saturated rings. The Hall–Kier alpha value is -2.11. The maximum absolute atomic E-state index is 11.3. The van der Waals surface area contributed by atoms with E-state index in [1.807, 2.05) is 11.9 Å². The summed E-state index contributed by atoms with van der Waals surface area (Å²) in [6, 6.07) is 4.87. The Morgan fingerprint density at radius 2 is 2.00 bits per heavy atom. The minimum Gasteiger partial charge on any atom is -0.497 e. The second-order valence-corrected chi connectivity index (χ2v) is 4.99. The van der Waals surface area contributed by atoms with Crippen molar-refractivity contribution in [2.45, 2.75) is 31.7 Å². The van der Waals surface area contributed by atoms with Gasteiger partial charge in [0.15, 0.2) is 0 Å². The van der Waals surface area contributed by atoms with Crippen LogP contribution in [0.4, 0.5) is 11.4 Å². The number of Topliss-reactive ketones (excluding diaryl/α,β-unsaturated/α-hetero) is 1. The zero-order valence-electron chi connectivity index (χ0n) is 11.7. The van der Waals surface area contributed by atoms with Gasteiger partial charge in [0.1, 0.15) is 17.2 Å². The van der Waals surface area contributed by atoms with Crippen LogP contribution in [0.25, 0.3) is 0 Å². The predicted octanol–water partition coefficient (Wildman–Crippen LogP) is 2.55. The summed E-state index contributed by atoms with van der Waals surface area (Å²) in [4.78, 5) is 23.9. The van der Waals surface area contributed by atoms with Crippen molar-refractivity contribution >= 4 is 17.2 Å². The van der Waals surface area contributed by atoms with Crippen LogP contribution in [0.15, 0.2) is 18.2 Å². The van der Waals surface area contributed by atoms with Gasteiger partial charge in [-0.3, -0.25) is 14.9 Å². The van der Waals surface area contributed by atoms with Crippen LogP contribution >= 0.6 is 0 Å². The van der Waals surface area contributed by atoms with Gasteiger partial charge in [0.25, 0.3) is 5.69 Å². The van der Waals surface area contributed by atoms with E-state index in [1.54, 1.807) is 12.1 Å². The number of rotatable bonds is 4. The van der Waals surface area contributed by atoms with Crippen LogP contribution < -0.4 is 9.64 Å². The van der Waals surface area contributed by atoms with E-state index in [9.17, 15) is 14.9 Å². The summed E-state index contributed by atoms with van der Waals surface area (Å²) < 4.78 is 5.14. The summed E-state index contributed by atoms with van der Waals surface area (Å²) in [7, 11) is 3.37. The first-order valence-electron chi connectivity index (χ1n) is 6.60. The van der Waals surface area contributed by atoms with Crippen LogP contribution in [-0.2, 0) is 4.79 Å². The molecule has 1 aromatic carbocycles. The summed E-state index contributed by atoms with van der Waals surface area (Å²) in [5, 5.41) is 11.1. The Kier molecular flexibility index (Phi) is 4.22. The van der Waals surface area contributed by atoms with Crippen molar-refractivity contribution in [2.24, 2.45) is 0 Å². The molecule has 0 aromatic heterocycles. The fourth-order valence-corrected chi connectivity index (χ4v) is 2.58. The van der Waals surface area contributed by atoms with Gasteiger partial charge in [0, 0.05) is 38.1 Å². The molecule has 1 aliphatic carbocycles. The fraction of sp³-hybridized carbons (Fsp3) is 0.500. The summed E-state index contributed by atoms with van der Waals surface area (Å²) in [6.07, 6.45) is 2.58. The molecule has 1 aromatic rings. The maximum atomic E-state index is 11.3. The minimum atomic E-state index is -0.390. The van der Waals surface area contributed by atoms with E-state index in [-0.39, 0.29) is 22.4 Å². The van der Waals surface area contributed by atoms with Gasteiger partial charge in [0.2, 0.25) is 0 Å². The molecule has 108 valence electrons. The van der Waals surface area contributed by atoms with E-state index < -0.39 is 0 Å². The Morgan fingerprint density at radius 1 is 1.35 bits per heavy atom. The molecule has 0 saturated heterocycles. The quantitative estimate of drug-likeness (QED) is 0.625. The number of nitro groups is 1. The molecular formula is C14H18N2O4. The lowest BCUT2D eigenvalue weighted by molar-refractivity contribution is -0.384. The van der Waals surface area contributed by atoms with E-state index in [1.165, 1.54) is 13.2 Å². The fourth-order valence-electron chi connectivity index (χ4n) is 2.58. The van der Waals surface area contributed by atoms with Crippen molar-refractivity contribution in [3.8, 4) is 5.75 Å². The third kappa shape index (κ3) is 2.89. The van der Waals surface area contributed by atoms with Gasteiger partial charge >= 0.3 is 0 Å². The summed E-state index contributed by atoms with van der Waals surface area (Å²) in [5.41, 5.74) is 0.596. The molecule has 1 aliphatic rings. The number of methoxy groups -OCH3 is 1. The molecule has 0 aliphatic heterocycles. The summed E-state index contributed by atoms with van der Waals surface area (Å²) in [5.74, 6) is 0.860. The van der Waals surface area contributed by atoms with Crippen LogP contribution in [0.1, 0.15) is 25.7 Å². The van der Waals surface area contributed by atoms with Gasteiger partial charge in [-0.25, -0.2) is 0 Å². The van der Waals surface area contributed by atoms with Crippen LogP contribution in [0, 0.1) is 10.1 Å². The van der Waals surface area contributed by atoms with E-state index in [2.05, 4.69) is 0 Å². The second kappa shape index (κ2) is 5.90. The smallest absolute Gasteiger partial charge is 0.292 e. The van der Waals surface area contributed by atoms with Crippen LogP contribution in [0.3, 0.4) is 0 Å². The molecule has 6 heteroatoms. The number of nitrogens with zero attached hydrogens (tertiary/aromatic N) is 2. The maximum Gasteiger partial charge on any atom is 0.292 e. The lowest BCUT2D eigenvalue weighted by Crippen LogP contribution is -2.35. The van der Waals surface area contributed by atoms with Gasteiger partial charge in [0.05, 0.1) is 12.0 Å². The highest BCUT2D eigenvalue weighted by Crippen LogP contribution is 2.34. The molecule has 1 saturated carbocycles. The first-order valence-corrected chi connectivity index (χ1v) is 6.60. The lowest BCUT2D eigenvalue weighted by Gasteiger charge is -2.32. The predicted molar refractivity (Wildman–Crippen MR) is 75.3 cm³/mol. The molecule has 0 amide bonds. The van der Waals surface area contributed by atoms with Gasteiger partial charge in [-0.2, -0.15) is 0 Å². The Labute approximate surface area is 117 Å². The molecule has 0 N–H and O–H groups in total. The highest BCUT2D eigenvalue weighted by atomic mass is 16.6. The van der Waals surface area contributed by atoms with Crippen molar-refractivity contribution < 1.29 is 14.5 Å². The van der Waals surface area contributed by atoms with E-state index >= 15 is 0 Å². The van der Waals surface area contributed by atoms with Crippen molar-refractivity contribution in [1.29, 1.82) is 0 Å².